The van der Waals surface area contributed by atoms with Crippen molar-refractivity contribution in [3.05, 3.63) is 70.5 Å². The highest BCUT2D eigenvalue weighted by atomic mass is 32.1. The van der Waals surface area contributed by atoms with Crippen LogP contribution in [0.1, 0.15) is 33.4 Å². The number of carbonyl (C=O) groups is 1. The van der Waals surface area contributed by atoms with Crippen LogP contribution in [0.5, 0.6) is 0 Å². The van der Waals surface area contributed by atoms with Crippen molar-refractivity contribution in [2.24, 2.45) is 0 Å². The predicted octanol–water partition coefficient (Wildman–Crippen LogP) is 4.94. The van der Waals surface area contributed by atoms with Crippen molar-refractivity contribution in [3.63, 3.8) is 0 Å². The predicted molar refractivity (Wildman–Crippen MR) is 93.9 cm³/mol. The molecule has 1 aromatic heterocycles. The second-order valence-electron chi connectivity index (χ2n) is 5.69. The minimum absolute atomic E-state index is 0.0838. The molecule has 1 aliphatic carbocycles. The van der Waals surface area contributed by atoms with Gasteiger partial charge < -0.3 is 5.32 Å². The summed E-state index contributed by atoms with van der Waals surface area (Å²) >= 11 is 1.53. The molecule has 1 aliphatic rings. The first-order valence-electron chi connectivity index (χ1n) is 7.74. The van der Waals surface area contributed by atoms with Crippen LogP contribution in [0.3, 0.4) is 0 Å². The number of hydrogen-bond donors (Lipinski definition) is 1. The summed E-state index contributed by atoms with van der Waals surface area (Å²) in [6.07, 6.45) is 2.36. The largest absolute Gasteiger partial charge is 0.321 e. The number of para-hydroxylation sites is 1. The molecular formula is C19H16N2OS. The van der Waals surface area contributed by atoms with E-state index in [4.69, 9.17) is 4.98 Å². The summed E-state index contributed by atoms with van der Waals surface area (Å²) in [5.74, 6) is 0.459. The number of rotatable bonds is 4. The molecule has 0 radical (unpaired) electrons. The Hall–Kier alpha value is -2.46. The molecule has 2 aromatic carbocycles. The van der Waals surface area contributed by atoms with E-state index in [2.05, 4.69) is 5.32 Å². The maximum absolute atomic E-state index is 12.7. The zero-order valence-electron chi connectivity index (χ0n) is 12.5. The second kappa shape index (κ2) is 5.97. The smallest absolute Gasteiger partial charge is 0.268 e. The third-order valence-electron chi connectivity index (χ3n) is 3.86. The van der Waals surface area contributed by atoms with Crippen molar-refractivity contribution in [3.8, 4) is 11.3 Å². The Labute approximate surface area is 139 Å². The first kappa shape index (κ1) is 14.2. The van der Waals surface area contributed by atoms with Crippen LogP contribution in [0.4, 0.5) is 5.69 Å². The SMILES string of the molecule is O=C(Nc1ccccc1)c1sc(C2CC2)nc1-c1ccccc1. The van der Waals surface area contributed by atoms with Gasteiger partial charge in [-0.1, -0.05) is 48.5 Å². The number of anilines is 1. The van der Waals surface area contributed by atoms with Crippen LogP contribution in [0.2, 0.25) is 0 Å². The first-order chi connectivity index (χ1) is 11.3. The Morgan fingerprint density at radius 3 is 2.30 bits per heavy atom. The molecule has 114 valence electrons. The number of thiazole rings is 1. The average Bonchev–Trinajstić information content (AvgIpc) is 3.35. The van der Waals surface area contributed by atoms with E-state index in [0.717, 1.165) is 22.0 Å². The van der Waals surface area contributed by atoms with Crippen molar-refractivity contribution in [1.82, 2.24) is 4.98 Å². The molecule has 1 saturated carbocycles. The van der Waals surface area contributed by atoms with E-state index >= 15 is 0 Å². The van der Waals surface area contributed by atoms with Crippen molar-refractivity contribution in [1.29, 1.82) is 0 Å². The summed E-state index contributed by atoms with van der Waals surface area (Å²) in [7, 11) is 0. The van der Waals surface area contributed by atoms with E-state index in [1.54, 1.807) is 0 Å². The molecule has 0 atom stereocenters. The van der Waals surface area contributed by atoms with Crippen LogP contribution in [-0.2, 0) is 0 Å². The minimum Gasteiger partial charge on any atom is -0.321 e. The molecule has 1 fully saturated rings. The Bertz CT molecular complexity index is 823. The third kappa shape index (κ3) is 3.03. The van der Waals surface area contributed by atoms with Gasteiger partial charge in [-0.15, -0.1) is 11.3 Å². The molecule has 4 heteroatoms. The first-order valence-corrected chi connectivity index (χ1v) is 8.55. The molecule has 4 rings (SSSR count). The van der Waals surface area contributed by atoms with Crippen molar-refractivity contribution in [2.45, 2.75) is 18.8 Å². The van der Waals surface area contributed by atoms with E-state index in [9.17, 15) is 4.79 Å². The Kier molecular flexibility index (Phi) is 3.67. The van der Waals surface area contributed by atoms with E-state index in [0.29, 0.717) is 10.8 Å². The van der Waals surface area contributed by atoms with Crippen molar-refractivity contribution < 1.29 is 4.79 Å². The molecule has 23 heavy (non-hydrogen) atoms. The number of aromatic nitrogens is 1. The van der Waals surface area contributed by atoms with Crippen LogP contribution in [-0.4, -0.2) is 10.9 Å². The van der Waals surface area contributed by atoms with Gasteiger partial charge >= 0.3 is 0 Å². The highest BCUT2D eigenvalue weighted by molar-refractivity contribution is 7.14. The molecular weight excluding hydrogens is 304 g/mol. The average molecular weight is 320 g/mol. The fourth-order valence-electron chi connectivity index (χ4n) is 2.50. The number of nitrogens with zero attached hydrogens (tertiary/aromatic N) is 1. The van der Waals surface area contributed by atoms with Gasteiger partial charge in [0.15, 0.2) is 0 Å². The quantitative estimate of drug-likeness (QED) is 0.740. The number of nitrogens with one attached hydrogen (secondary N) is 1. The van der Waals surface area contributed by atoms with E-state index in [1.165, 1.54) is 24.2 Å². The Morgan fingerprint density at radius 2 is 1.65 bits per heavy atom. The molecule has 0 bridgehead atoms. The summed E-state index contributed by atoms with van der Waals surface area (Å²) < 4.78 is 0. The van der Waals surface area contributed by atoms with Gasteiger partial charge in [-0.25, -0.2) is 4.98 Å². The van der Waals surface area contributed by atoms with Crippen LogP contribution in [0.25, 0.3) is 11.3 Å². The molecule has 1 N–H and O–H groups in total. The summed E-state index contributed by atoms with van der Waals surface area (Å²) in [6, 6.07) is 19.5. The van der Waals surface area contributed by atoms with Crippen LogP contribution >= 0.6 is 11.3 Å². The lowest BCUT2D eigenvalue weighted by atomic mass is 10.1. The number of amides is 1. The van der Waals surface area contributed by atoms with Crippen LogP contribution in [0, 0.1) is 0 Å². The molecule has 0 aliphatic heterocycles. The standard InChI is InChI=1S/C19H16N2OS/c22-18(20-15-9-5-2-6-10-15)17-16(13-7-3-1-4-8-13)21-19(23-17)14-11-12-14/h1-10,14H,11-12H2,(H,20,22). The summed E-state index contributed by atoms with van der Waals surface area (Å²) in [5.41, 5.74) is 2.60. The highest BCUT2D eigenvalue weighted by Crippen LogP contribution is 2.44. The monoisotopic (exact) mass is 320 g/mol. The molecule has 0 saturated heterocycles. The van der Waals surface area contributed by atoms with Gasteiger partial charge in [-0.2, -0.15) is 0 Å². The topological polar surface area (TPSA) is 42.0 Å². The fourth-order valence-corrected chi connectivity index (χ4v) is 3.65. The summed E-state index contributed by atoms with van der Waals surface area (Å²) in [6.45, 7) is 0. The second-order valence-corrected chi connectivity index (χ2v) is 6.72. The lowest BCUT2D eigenvalue weighted by molar-refractivity contribution is 0.103. The zero-order valence-corrected chi connectivity index (χ0v) is 13.3. The maximum Gasteiger partial charge on any atom is 0.268 e. The van der Waals surface area contributed by atoms with Gasteiger partial charge in [0.25, 0.3) is 5.91 Å². The lowest BCUT2D eigenvalue weighted by Gasteiger charge is -2.05. The normalized spacial score (nSPS) is 13.7. The molecule has 1 amide bonds. The van der Waals surface area contributed by atoms with Gasteiger partial charge in [0.2, 0.25) is 0 Å². The van der Waals surface area contributed by atoms with Crippen LogP contribution in [0.15, 0.2) is 60.7 Å². The minimum atomic E-state index is -0.0838. The fraction of sp³-hybridized carbons (Fsp3) is 0.158. The number of hydrogen-bond acceptors (Lipinski definition) is 3. The van der Waals surface area contributed by atoms with Crippen LogP contribution < -0.4 is 5.32 Å². The van der Waals surface area contributed by atoms with Crippen molar-refractivity contribution >= 4 is 22.9 Å². The number of benzene rings is 2. The van der Waals surface area contributed by atoms with Crippen molar-refractivity contribution in [2.75, 3.05) is 5.32 Å². The van der Waals surface area contributed by atoms with Gasteiger partial charge in [0.05, 0.1) is 10.7 Å². The van der Waals surface area contributed by atoms with E-state index in [-0.39, 0.29) is 5.91 Å². The molecule has 1 heterocycles. The van der Waals surface area contributed by atoms with Gasteiger partial charge in [0.1, 0.15) is 4.88 Å². The Morgan fingerprint density at radius 1 is 1.00 bits per heavy atom. The van der Waals surface area contributed by atoms with Gasteiger partial charge in [-0.3, -0.25) is 4.79 Å². The molecule has 0 spiro atoms. The lowest BCUT2D eigenvalue weighted by Crippen LogP contribution is -2.11. The highest BCUT2D eigenvalue weighted by Gasteiger charge is 2.30. The molecule has 0 unspecified atom stereocenters. The van der Waals surface area contributed by atoms with E-state index in [1.807, 2.05) is 60.7 Å². The zero-order chi connectivity index (χ0) is 15.6. The Balaban J connectivity index is 1.70. The molecule has 3 nitrogen and oxygen atoms in total. The van der Waals surface area contributed by atoms with Gasteiger partial charge in [-0.05, 0) is 25.0 Å². The summed E-state index contributed by atoms with van der Waals surface area (Å²) in [4.78, 5) is 18.2. The maximum atomic E-state index is 12.7. The molecule has 3 aromatic rings. The van der Waals surface area contributed by atoms with Gasteiger partial charge in [0, 0.05) is 17.2 Å². The van der Waals surface area contributed by atoms with E-state index < -0.39 is 0 Å². The third-order valence-corrected chi connectivity index (χ3v) is 5.07. The summed E-state index contributed by atoms with van der Waals surface area (Å²) in [5, 5.41) is 4.06. The number of carbonyl (C=O) groups excluding carboxylic acids is 1.